The highest BCUT2D eigenvalue weighted by Gasteiger charge is 2.46. The molecule has 0 unspecified atom stereocenters. The predicted molar refractivity (Wildman–Crippen MR) is 94.6 cm³/mol. The molecule has 3 aliphatic carbocycles. The van der Waals surface area contributed by atoms with E-state index in [-0.39, 0.29) is 24.0 Å². The number of aliphatic carboxylic acids is 1. The number of carbonyl (C=O) groups excluding carboxylic acids is 1. The summed E-state index contributed by atoms with van der Waals surface area (Å²) in [5, 5.41) is 19.1. The van der Waals surface area contributed by atoms with E-state index in [9.17, 15) is 14.7 Å². The summed E-state index contributed by atoms with van der Waals surface area (Å²) in [6.45, 7) is 0. The highest BCUT2D eigenvalue weighted by molar-refractivity contribution is 5.97. The number of hydrogen-bond donors (Lipinski definition) is 2. The van der Waals surface area contributed by atoms with Gasteiger partial charge in [0, 0.05) is 12.3 Å². The third-order valence-corrected chi connectivity index (χ3v) is 6.22. The molecule has 0 radical (unpaired) electrons. The zero-order valence-electron chi connectivity index (χ0n) is 14.7. The van der Waals surface area contributed by atoms with Gasteiger partial charge in [0.05, 0.1) is 12.0 Å². The van der Waals surface area contributed by atoms with E-state index >= 15 is 0 Å². The number of allylic oxidation sites excluding steroid dienone is 2. The molecule has 0 bridgehead atoms. The van der Waals surface area contributed by atoms with Gasteiger partial charge in [0.25, 0.3) is 0 Å². The van der Waals surface area contributed by atoms with Gasteiger partial charge < -0.3 is 10.2 Å². The van der Waals surface area contributed by atoms with Crippen LogP contribution in [0.2, 0.25) is 0 Å². The number of aliphatic hydroxyl groups is 1. The van der Waals surface area contributed by atoms with Crippen molar-refractivity contribution < 1.29 is 19.8 Å². The van der Waals surface area contributed by atoms with E-state index in [0.29, 0.717) is 24.7 Å². The minimum atomic E-state index is -0.767. The van der Waals surface area contributed by atoms with E-state index in [1.165, 1.54) is 12.0 Å². The molecule has 0 spiro atoms. The maximum absolute atomic E-state index is 12.3. The fraction of sp³-hybridized carbons (Fsp3) is 0.714. The Labute approximate surface area is 149 Å². The highest BCUT2D eigenvalue weighted by Crippen LogP contribution is 2.51. The van der Waals surface area contributed by atoms with E-state index < -0.39 is 12.1 Å². The van der Waals surface area contributed by atoms with Gasteiger partial charge in [-0.15, -0.1) is 0 Å². The van der Waals surface area contributed by atoms with E-state index in [1.54, 1.807) is 0 Å². The number of aliphatic hydroxyl groups excluding tert-OH is 1. The molecule has 4 heteroatoms. The van der Waals surface area contributed by atoms with Gasteiger partial charge in [0.2, 0.25) is 5.78 Å². The molecule has 3 aliphatic rings. The Morgan fingerprint density at radius 1 is 1.12 bits per heavy atom. The van der Waals surface area contributed by atoms with Crippen LogP contribution in [0.3, 0.4) is 0 Å². The zero-order valence-corrected chi connectivity index (χ0v) is 14.7. The first-order chi connectivity index (χ1) is 12.1. The van der Waals surface area contributed by atoms with Gasteiger partial charge in [-0.25, -0.2) is 0 Å². The second kappa shape index (κ2) is 8.19. The quantitative estimate of drug-likeness (QED) is 0.466. The van der Waals surface area contributed by atoms with Crippen molar-refractivity contribution in [1.82, 2.24) is 0 Å². The minimum absolute atomic E-state index is 0.0607. The SMILES string of the molecule is O=C(O)CCC=C1C[C@@H]2[C@@H](C#CC(=O)C3CCCCC3)[C@H](O)CC[C@H]12. The molecule has 4 nitrogen and oxygen atoms in total. The molecule has 0 aromatic heterocycles. The third kappa shape index (κ3) is 4.33. The molecule has 3 fully saturated rings. The van der Waals surface area contributed by atoms with Crippen molar-refractivity contribution in [3.8, 4) is 11.8 Å². The summed E-state index contributed by atoms with van der Waals surface area (Å²) in [5.74, 6) is 6.02. The van der Waals surface area contributed by atoms with Crippen LogP contribution in [0.5, 0.6) is 0 Å². The smallest absolute Gasteiger partial charge is 0.303 e. The Kier molecular flexibility index (Phi) is 5.96. The molecule has 0 aromatic rings. The first-order valence-electron chi connectivity index (χ1n) is 9.70. The lowest BCUT2D eigenvalue weighted by Crippen LogP contribution is -2.44. The summed E-state index contributed by atoms with van der Waals surface area (Å²) < 4.78 is 0. The molecule has 136 valence electrons. The van der Waals surface area contributed by atoms with Gasteiger partial charge in [-0.3, -0.25) is 9.59 Å². The van der Waals surface area contributed by atoms with Gasteiger partial charge in [-0.1, -0.05) is 36.8 Å². The average Bonchev–Trinajstić information content (AvgIpc) is 2.59. The van der Waals surface area contributed by atoms with Gasteiger partial charge >= 0.3 is 5.97 Å². The van der Waals surface area contributed by atoms with E-state index in [2.05, 4.69) is 17.9 Å². The molecule has 4 atom stereocenters. The van der Waals surface area contributed by atoms with Crippen LogP contribution in [0.4, 0.5) is 0 Å². The number of hydrogen-bond acceptors (Lipinski definition) is 3. The normalized spacial score (nSPS) is 33.7. The van der Waals surface area contributed by atoms with Crippen molar-refractivity contribution in [1.29, 1.82) is 0 Å². The summed E-state index contributed by atoms with van der Waals surface area (Å²) in [7, 11) is 0. The van der Waals surface area contributed by atoms with E-state index in [1.807, 2.05) is 0 Å². The predicted octanol–water partition coefficient (Wildman–Crippen LogP) is 3.34. The molecule has 2 N–H and O–H groups in total. The third-order valence-electron chi connectivity index (χ3n) is 6.22. The number of carboxylic acid groups (broad SMARTS) is 1. The monoisotopic (exact) mass is 344 g/mol. The van der Waals surface area contributed by atoms with Gasteiger partial charge in [-0.2, -0.15) is 0 Å². The second-order valence-electron chi connectivity index (χ2n) is 7.82. The minimum Gasteiger partial charge on any atom is -0.481 e. The van der Waals surface area contributed by atoms with Crippen LogP contribution in [0.25, 0.3) is 0 Å². The lowest BCUT2D eigenvalue weighted by atomic mass is 9.57. The molecule has 0 aromatic carbocycles. The van der Waals surface area contributed by atoms with Crippen LogP contribution in [-0.4, -0.2) is 28.1 Å². The van der Waals surface area contributed by atoms with Crippen molar-refractivity contribution in [3.63, 3.8) is 0 Å². The Bertz CT molecular complexity index is 603. The molecule has 25 heavy (non-hydrogen) atoms. The molecule has 3 saturated carbocycles. The Morgan fingerprint density at radius 2 is 1.88 bits per heavy atom. The van der Waals surface area contributed by atoms with Crippen molar-refractivity contribution in [2.75, 3.05) is 0 Å². The average molecular weight is 344 g/mol. The van der Waals surface area contributed by atoms with Crippen LogP contribution in [0.15, 0.2) is 11.6 Å². The summed E-state index contributed by atoms with van der Waals surface area (Å²) in [4.78, 5) is 22.9. The molecular weight excluding hydrogens is 316 g/mol. The lowest BCUT2D eigenvalue weighted by Gasteiger charge is -2.48. The molecule has 3 rings (SSSR count). The maximum atomic E-state index is 12.3. The number of carboxylic acids is 1. The van der Waals surface area contributed by atoms with Crippen LogP contribution in [0.1, 0.15) is 64.2 Å². The topological polar surface area (TPSA) is 74.6 Å². The fourth-order valence-electron chi connectivity index (χ4n) is 4.71. The van der Waals surface area contributed by atoms with Crippen LogP contribution in [-0.2, 0) is 9.59 Å². The van der Waals surface area contributed by atoms with Crippen molar-refractivity contribution >= 4 is 11.8 Å². The number of carbonyl (C=O) groups is 2. The number of rotatable bonds is 4. The van der Waals surface area contributed by atoms with Crippen LogP contribution >= 0.6 is 0 Å². The van der Waals surface area contributed by atoms with Gasteiger partial charge in [0.1, 0.15) is 0 Å². The molecular formula is C21H28O4. The number of fused-ring (bicyclic) bond motifs is 1. The van der Waals surface area contributed by atoms with Crippen molar-refractivity contribution in [3.05, 3.63) is 11.6 Å². The molecule has 0 saturated heterocycles. The Balaban J connectivity index is 1.59. The second-order valence-corrected chi connectivity index (χ2v) is 7.82. The van der Waals surface area contributed by atoms with Crippen LogP contribution in [0, 0.1) is 35.5 Å². The maximum Gasteiger partial charge on any atom is 0.303 e. The number of Topliss-reactive ketones (excluding diaryl/α,β-unsaturated/α-hetero) is 1. The van der Waals surface area contributed by atoms with Gasteiger partial charge in [0.15, 0.2) is 0 Å². The molecule has 0 aliphatic heterocycles. The first kappa shape index (κ1) is 18.2. The summed E-state index contributed by atoms with van der Waals surface area (Å²) >= 11 is 0. The van der Waals surface area contributed by atoms with E-state index in [4.69, 9.17) is 5.11 Å². The lowest BCUT2D eigenvalue weighted by molar-refractivity contribution is -0.136. The number of ketones is 1. The summed E-state index contributed by atoms with van der Waals surface area (Å²) in [6.07, 6.45) is 10.3. The fourth-order valence-corrected chi connectivity index (χ4v) is 4.71. The largest absolute Gasteiger partial charge is 0.481 e. The Hall–Kier alpha value is -1.60. The molecule has 0 heterocycles. The summed E-state index contributed by atoms with van der Waals surface area (Å²) in [5.41, 5.74) is 1.32. The van der Waals surface area contributed by atoms with Crippen molar-refractivity contribution in [2.45, 2.75) is 70.3 Å². The van der Waals surface area contributed by atoms with Gasteiger partial charge in [-0.05, 0) is 56.3 Å². The zero-order chi connectivity index (χ0) is 17.8. The highest BCUT2D eigenvalue weighted by atomic mass is 16.4. The standard InChI is InChI=1S/C21H28O4/c22-19(14-5-2-1-3-6-14)11-10-17-18-13-15(7-4-8-21(24)25)16(18)9-12-20(17)23/h7,14,16-18,20,23H,1-6,8-9,12-13H2,(H,24,25)/t16-,17-,18+,20-/m1/s1. The van der Waals surface area contributed by atoms with E-state index in [0.717, 1.165) is 38.5 Å². The van der Waals surface area contributed by atoms with Crippen LogP contribution < -0.4 is 0 Å². The first-order valence-corrected chi connectivity index (χ1v) is 9.70. The van der Waals surface area contributed by atoms with Crippen molar-refractivity contribution in [2.24, 2.45) is 23.7 Å². The summed E-state index contributed by atoms with van der Waals surface area (Å²) in [6, 6.07) is 0. The Morgan fingerprint density at radius 3 is 2.60 bits per heavy atom. The molecule has 0 amide bonds.